The summed E-state index contributed by atoms with van der Waals surface area (Å²) in [7, 11) is 0. The van der Waals surface area contributed by atoms with E-state index in [9.17, 15) is 0 Å². The van der Waals surface area contributed by atoms with Gasteiger partial charge in [0.1, 0.15) is 5.82 Å². The van der Waals surface area contributed by atoms with Crippen molar-refractivity contribution in [2.45, 2.75) is 20.3 Å². The number of rotatable bonds is 4. The van der Waals surface area contributed by atoms with Crippen LogP contribution in [0.3, 0.4) is 0 Å². The molecule has 0 spiro atoms. The zero-order valence-electron chi connectivity index (χ0n) is 7.80. The molecule has 4 heteroatoms. The fraction of sp³-hybridized carbons (Fsp3) is 0.444. The normalized spacial score (nSPS) is 9.77. The average molecular weight is 217 g/mol. The van der Waals surface area contributed by atoms with Gasteiger partial charge in [-0.3, -0.25) is 0 Å². The fourth-order valence-corrected chi connectivity index (χ4v) is 1.61. The molecule has 0 aliphatic rings. The van der Waals surface area contributed by atoms with Crippen LogP contribution in [0.1, 0.15) is 20.3 Å². The van der Waals surface area contributed by atoms with Gasteiger partial charge in [-0.1, -0.05) is 23.3 Å². The Morgan fingerprint density at radius 2 is 2.46 bits per heavy atom. The van der Waals surface area contributed by atoms with Crippen molar-refractivity contribution in [3.8, 4) is 0 Å². The van der Waals surface area contributed by atoms with E-state index < -0.39 is 0 Å². The minimum atomic E-state index is 0.588. The molecule has 0 radical (unpaired) electrons. The number of nitrogens with zero attached hydrogens (tertiary/aromatic N) is 1. The molecule has 0 saturated carbocycles. The van der Waals surface area contributed by atoms with Crippen molar-refractivity contribution in [3.05, 3.63) is 21.5 Å². The number of aromatic nitrogens is 1. The van der Waals surface area contributed by atoms with Gasteiger partial charge in [0.05, 0.1) is 0 Å². The highest BCUT2D eigenvalue weighted by Crippen LogP contribution is 2.18. The number of nitrogens with one attached hydrogen (secondary N) is 1. The minimum absolute atomic E-state index is 0.588. The van der Waals surface area contributed by atoms with E-state index in [1.54, 1.807) is 0 Å². The van der Waals surface area contributed by atoms with Gasteiger partial charge in [-0.25, -0.2) is 4.98 Å². The van der Waals surface area contributed by atoms with E-state index in [1.807, 2.05) is 5.38 Å². The Morgan fingerprint density at radius 1 is 1.69 bits per heavy atom. The first kappa shape index (κ1) is 10.5. The number of allylic oxidation sites excluding steroid dienone is 1. The van der Waals surface area contributed by atoms with E-state index >= 15 is 0 Å². The number of hydrogen-bond donors (Lipinski definition) is 1. The van der Waals surface area contributed by atoms with Crippen molar-refractivity contribution in [2.24, 2.45) is 0 Å². The second-order valence-corrected chi connectivity index (χ2v) is 4.42. The second kappa shape index (κ2) is 5.25. The zero-order chi connectivity index (χ0) is 9.68. The number of hydrogen-bond acceptors (Lipinski definition) is 3. The lowest BCUT2D eigenvalue weighted by Crippen LogP contribution is -2.00. The van der Waals surface area contributed by atoms with Crippen LogP contribution in [0.5, 0.6) is 0 Å². The molecule has 1 rings (SSSR count). The molecule has 0 aliphatic carbocycles. The summed E-state index contributed by atoms with van der Waals surface area (Å²) in [6.45, 7) is 5.10. The molecule has 13 heavy (non-hydrogen) atoms. The van der Waals surface area contributed by atoms with Crippen molar-refractivity contribution < 1.29 is 0 Å². The Bertz CT molecular complexity index is 290. The van der Waals surface area contributed by atoms with E-state index in [0.717, 1.165) is 18.8 Å². The number of halogens is 1. The zero-order valence-corrected chi connectivity index (χ0v) is 9.37. The summed E-state index contributed by atoms with van der Waals surface area (Å²) < 4.78 is 0.588. The first-order chi connectivity index (χ1) is 6.18. The van der Waals surface area contributed by atoms with Crippen LogP contribution in [0.4, 0.5) is 5.82 Å². The van der Waals surface area contributed by atoms with Crippen LogP contribution in [0.25, 0.3) is 0 Å². The molecule has 0 atom stereocenters. The van der Waals surface area contributed by atoms with Gasteiger partial charge in [0.2, 0.25) is 0 Å². The van der Waals surface area contributed by atoms with Crippen LogP contribution in [0, 0.1) is 0 Å². The van der Waals surface area contributed by atoms with Crippen molar-refractivity contribution in [3.63, 3.8) is 0 Å². The van der Waals surface area contributed by atoms with Crippen LogP contribution in [-0.2, 0) is 0 Å². The smallest absolute Gasteiger partial charge is 0.185 e. The van der Waals surface area contributed by atoms with Gasteiger partial charge < -0.3 is 5.32 Å². The Labute approximate surface area is 87.6 Å². The molecule has 72 valence electrons. The van der Waals surface area contributed by atoms with Crippen LogP contribution < -0.4 is 5.32 Å². The highest BCUT2D eigenvalue weighted by Gasteiger charge is 1.96. The van der Waals surface area contributed by atoms with Gasteiger partial charge in [-0.2, -0.15) is 0 Å². The Kier molecular flexibility index (Phi) is 4.25. The maximum atomic E-state index is 5.68. The number of anilines is 1. The predicted molar refractivity (Wildman–Crippen MR) is 59.7 cm³/mol. The highest BCUT2D eigenvalue weighted by molar-refractivity contribution is 7.14. The Morgan fingerprint density at radius 3 is 3.00 bits per heavy atom. The second-order valence-electron chi connectivity index (χ2n) is 2.98. The summed E-state index contributed by atoms with van der Waals surface area (Å²) in [6, 6.07) is 0. The van der Waals surface area contributed by atoms with Crippen LogP contribution in [0.15, 0.2) is 17.0 Å². The monoisotopic (exact) mass is 216 g/mol. The summed E-state index contributed by atoms with van der Waals surface area (Å²) >= 11 is 7.12. The minimum Gasteiger partial charge on any atom is -0.369 e. The first-order valence-electron chi connectivity index (χ1n) is 4.17. The quantitative estimate of drug-likeness (QED) is 0.615. The molecule has 0 saturated heterocycles. The Balaban J connectivity index is 2.24. The Hall–Kier alpha value is -0.540. The van der Waals surface area contributed by atoms with Crippen molar-refractivity contribution in [2.75, 3.05) is 11.9 Å². The van der Waals surface area contributed by atoms with Gasteiger partial charge in [-0.15, -0.1) is 11.3 Å². The van der Waals surface area contributed by atoms with Crippen LogP contribution >= 0.6 is 22.9 Å². The molecule has 2 nitrogen and oxygen atoms in total. The summed E-state index contributed by atoms with van der Waals surface area (Å²) in [5, 5.41) is 5.11. The molecule has 0 fully saturated rings. The predicted octanol–water partition coefficient (Wildman–Crippen LogP) is 3.56. The lowest BCUT2D eigenvalue weighted by atomic mass is 10.3. The SMILES string of the molecule is CC(C)=CCCNc1csc(Cl)n1. The van der Waals surface area contributed by atoms with Crippen molar-refractivity contribution in [1.29, 1.82) is 0 Å². The molecule has 1 aromatic rings. The average Bonchev–Trinajstić information content (AvgIpc) is 2.45. The van der Waals surface area contributed by atoms with Gasteiger partial charge in [0.25, 0.3) is 0 Å². The molecule has 0 unspecified atom stereocenters. The van der Waals surface area contributed by atoms with Crippen molar-refractivity contribution in [1.82, 2.24) is 4.98 Å². The van der Waals surface area contributed by atoms with E-state index in [4.69, 9.17) is 11.6 Å². The van der Waals surface area contributed by atoms with Gasteiger partial charge in [0, 0.05) is 11.9 Å². The fourth-order valence-electron chi connectivity index (χ4n) is 0.894. The topological polar surface area (TPSA) is 24.9 Å². The van der Waals surface area contributed by atoms with Crippen molar-refractivity contribution >= 4 is 28.8 Å². The van der Waals surface area contributed by atoms with Gasteiger partial charge in [0.15, 0.2) is 4.47 Å². The molecule has 0 aromatic carbocycles. The first-order valence-corrected chi connectivity index (χ1v) is 5.42. The van der Waals surface area contributed by atoms with E-state index in [-0.39, 0.29) is 0 Å². The lowest BCUT2D eigenvalue weighted by Gasteiger charge is -1.98. The van der Waals surface area contributed by atoms with E-state index in [1.165, 1.54) is 16.9 Å². The summed E-state index contributed by atoms with van der Waals surface area (Å²) in [5.41, 5.74) is 1.35. The third-order valence-electron chi connectivity index (χ3n) is 1.48. The molecule has 0 amide bonds. The van der Waals surface area contributed by atoms with E-state index in [0.29, 0.717) is 4.47 Å². The maximum absolute atomic E-state index is 5.68. The summed E-state index contributed by atoms with van der Waals surface area (Å²) in [6.07, 6.45) is 3.22. The summed E-state index contributed by atoms with van der Waals surface area (Å²) in [5.74, 6) is 0.872. The molecular weight excluding hydrogens is 204 g/mol. The molecule has 0 bridgehead atoms. The maximum Gasteiger partial charge on any atom is 0.185 e. The third kappa shape index (κ3) is 4.29. The largest absolute Gasteiger partial charge is 0.369 e. The van der Waals surface area contributed by atoms with Gasteiger partial charge in [-0.05, 0) is 20.3 Å². The third-order valence-corrected chi connectivity index (χ3v) is 2.46. The standard InChI is InChI=1S/C9H13ClN2S/c1-7(2)4-3-5-11-8-6-13-9(10)12-8/h4,6,11H,3,5H2,1-2H3. The molecule has 0 aliphatic heterocycles. The van der Waals surface area contributed by atoms with E-state index in [2.05, 4.69) is 30.2 Å². The molecular formula is C9H13ClN2S. The highest BCUT2D eigenvalue weighted by atomic mass is 35.5. The number of thiazole rings is 1. The molecule has 1 aromatic heterocycles. The van der Waals surface area contributed by atoms with Gasteiger partial charge >= 0.3 is 0 Å². The lowest BCUT2D eigenvalue weighted by molar-refractivity contribution is 1.04. The molecule has 1 heterocycles. The summed E-state index contributed by atoms with van der Waals surface area (Å²) in [4.78, 5) is 4.08. The van der Waals surface area contributed by atoms with Crippen LogP contribution in [0.2, 0.25) is 4.47 Å². The van der Waals surface area contributed by atoms with Crippen LogP contribution in [-0.4, -0.2) is 11.5 Å². The molecule has 1 N–H and O–H groups in total.